The standard InChI is InChI=1S/C17H20ClN5O2/c1-10-6-7-11(18)8-14(10)20-17(24)15-16(22-23-21-15)19-12-4-3-5-13(9-12)25-2/h3-9,15-16,19,21-23H,1-2H3,(H,20,24). The zero-order valence-electron chi connectivity index (χ0n) is 13.9. The number of nitrogens with one attached hydrogen (secondary N) is 5. The molecule has 1 fully saturated rings. The van der Waals surface area contributed by atoms with Crippen LogP contribution in [0.2, 0.25) is 5.02 Å². The van der Waals surface area contributed by atoms with Gasteiger partial charge in [-0.15, -0.1) is 0 Å². The summed E-state index contributed by atoms with van der Waals surface area (Å²) in [5.74, 6) is 0.544. The number of carbonyl (C=O) groups is 1. The SMILES string of the molecule is COc1cccc(NC2NNNC2C(=O)Nc2cc(Cl)ccc2C)c1. The summed E-state index contributed by atoms with van der Waals surface area (Å²) in [6.07, 6.45) is -0.355. The van der Waals surface area contributed by atoms with Gasteiger partial charge in [0.25, 0.3) is 0 Å². The summed E-state index contributed by atoms with van der Waals surface area (Å²) in [6, 6.07) is 12.3. The highest BCUT2D eigenvalue weighted by Gasteiger charge is 2.33. The fourth-order valence-corrected chi connectivity index (χ4v) is 2.70. The quantitative estimate of drug-likeness (QED) is 0.560. The van der Waals surface area contributed by atoms with Crippen LogP contribution in [0, 0.1) is 6.92 Å². The molecule has 0 radical (unpaired) electrons. The summed E-state index contributed by atoms with van der Waals surface area (Å²) < 4.78 is 5.21. The Kier molecular flexibility index (Phi) is 5.40. The Morgan fingerprint density at radius 2 is 2.04 bits per heavy atom. The van der Waals surface area contributed by atoms with Gasteiger partial charge in [0.15, 0.2) is 0 Å². The molecule has 25 heavy (non-hydrogen) atoms. The van der Waals surface area contributed by atoms with Crippen LogP contribution < -0.4 is 31.8 Å². The van der Waals surface area contributed by atoms with E-state index in [2.05, 4.69) is 27.0 Å². The average Bonchev–Trinajstić information content (AvgIpc) is 3.06. The molecule has 1 heterocycles. The summed E-state index contributed by atoms with van der Waals surface area (Å²) in [4.78, 5) is 12.6. The number of halogens is 1. The van der Waals surface area contributed by atoms with Crippen molar-refractivity contribution in [2.75, 3.05) is 17.7 Å². The van der Waals surface area contributed by atoms with Crippen LogP contribution >= 0.6 is 11.6 Å². The third-order valence-electron chi connectivity index (χ3n) is 3.92. The van der Waals surface area contributed by atoms with E-state index in [1.807, 2.05) is 37.3 Å². The molecule has 0 aromatic heterocycles. The molecule has 2 aromatic rings. The number of hydrogen-bond acceptors (Lipinski definition) is 6. The Morgan fingerprint density at radius 3 is 2.84 bits per heavy atom. The Bertz CT molecular complexity index is 770. The average molecular weight is 362 g/mol. The Hall–Kier alpha value is -2.32. The zero-order valence-corrected chi connectivity index (χ0v) is 14.6. The first-order valence-corrected chi connectivity index (χ1v) is 8.18. The van der Waals surface area contributed by atoms with Crippen LogP contribution in [-0.2, 0) is 4.79 Å². The van der Waals surface area contributed by atoms with Crippen LogP contribution in [0.15, 0.2) is 42.5 Å². The molecule has 2 unspecified atom stereocenters. The van der Waals surface area contributed by atoms with Gasteiger partial charge in [-0.25, -0.2) is 10.9 Å². The molecule has 1 amide bonds. The van der Waals surface area contributed by atoms with Crippen LogP contribution in [0.25, 0.3) is 0 Å². The number of aryl methyl sites for hydroxylation is 1. The van der Waals surface area contributed by atoms with Crippen LogP contribution in [0.3, 0.4) is 0 Å². The predicted octanol–water partition coefficient (Wildman–Crippen LogP) is 2.01. The normalized spacial score (nSPS) is 19.5. The lowest BCUT2D eigenvalue weighted by atomic mass is 10.1. The van der Waals surface area contributed by atoms with Crippen molar-refractivity contribution in [1.82, 2.24) is 16.4 Å². The van der Waals surface area contributed by atoms with E-state index in [0.717, 1.165) is 17.0 Å². The molecule has 0 spiro atoms. The van der Waals surface area contributed by atoms with Crippen LogP contribution in [0.5, 0.6) is 5.75 Å². The molecule has 132 valence electrons. The van der Waals surface area contributed by atoms with Crippen molar-refractivity contribution in [3.63, 3.8) is 0 Å². The number of rotatable bonds is 5. The fraction of sp³-hybridized carbons (Fsp3) is 0.235. The lowest BCUT2D eigenvalue weighted by molar-refractivity contribution is -0.118. The molecule has 2 atom stereocenters. The van der Waals surface area contributed by atoms with Gasteiger partial charge in [0.05, 0.1) is 7.11 Å². The number of methoxy groups -OCH3 is 1. The van der Waals surface area contributed by atoms with E-state index in [-0.39, 0.29) is 12.1 Å². The second-order valence-corrected chi connectivity index (χ2v) is 6.13. The molecule has 1 aliphatic heterocycles. The van der Waals surface area contributed by atoms with E-state index in [1.54, 1.807) is 19.2 Å². The van der Waals surface area contributed by atoms with Crippen molar-refractivity contribution in [2.45, 2.75) is 19.1 Å². The maximum atomic E-state index is 12.6. The number of carbonyl (C=O) groups excluding carboxylic acids is 1. The molecule has 1 aliphatic rings. The lowest BCUT2D eigenvalue weighted by Gasteiger charge is -2.20. The van der Waals surface area contributed by atoms with Gasteiger partial charge in [0.1, 0.15) is 18.0 Å². The zero-order chi connectivity index (χ0) is 17.8. The smallest absolute Gasteiger partial charge is 0.246 e. The lowest BCUT2D eigenvalue weighted by Crippen LogP contribution is -2.48. The van der Waals surface area contributed by atoms with E-state index < -0.39 is 6.04 Å². The molecule has 3 rings (SSSR count). The monoisotopic (exact) mass is 361 g/mol. The molecule has 5 N–H and O–H groups in total. The third-order valence-corrected chi connectivity index (χ3v) is 4.16. The van der Waals surface area contributed by atoms with Crippen LogP contribution in [0.4, 0.5) is 11.4 Å². The first-order valence-electron chi connectivity index (χ1n) is 7.80. The molecule has 2 aromatic carbocycles. The minimum absolute atomic E-state index is 0.191. The molecule has 0 aliphatic carbocycles. The predicted molar refractivity (Wildman–Crippen MR) is 98.4 cm³/mol. The Morgan fingerprint density at radius 1 is 1.20 bits per heavy atom. The van der Waals surface area contributed by atoms with Crippen molar-refractivity contribution in [3.8, 4) is 5.75 Å². The molecular formula is C17H20ClN5O2. The number of anilines is 2. The summed E-state index contributed by atoms with van der Waals surface area (Å²) in [7, 11) is 1.61. The van der Waals surface area contributed by atoms with Gasteiger partial charge in [-0.2, -0.15) is 5.53 Å². The van der Waals surface area contributed by atoms with Gasteiger partial charge in [-0.1, -0.05) is 23.7 Å². The second kappa shape index (κ2) is 7.71. The van der Waals surface area contributed by atoms with Crippen LogP contribution in [-0.4, -0.2) is 25.2 Å². The molecule has 0 bridgehead atoms. The maximum Gasteiger partial charge on any atom is 0.246 e. The minimum Gasteiger partial charge on any atom is -0.497 e. The maximum absolute atomic E-state index is 12.6. The Labute approximate surface area is 151 Å². The minimum atomic E-state index is -0.537. The highest BCUT2D eigenvalue weighted by atomic mass is 35.5. The van der Waals surface area contributed by atoms with Crippen molar-refractivity contribution in [2.24, 2.45) is 0 Å². The largest absolute Gasteiger partial charge is 0.497 e. The summed E-state index contributed by atoms with van der Waals surface area (Å²) >= 11 is 6.01. The van der Waals surface area contributed by atoms with Gasteiger partial charge >= 0.3 is 0 Å². The highest BCUT2D eigenvalue weighted by Crippen LogP contribution is 2.21. The van der Waals surface area contributed by atoms with Gasteiger partial charge in [0, 0.05) is 22.5 Å². The van der Waals surface area contributed by atoms with E-state index in [1.165, 1.54) is 0 Å². The highest BCUT2D eigenvalue weighted by molar-refractivity contribution is 6.31. The number of benzene rings is 2. The number of hydrazine groups is 2. The van der Waals surface area contributed by atoms with E-state index >= 15 is 0 Å². The van der Waals surface area contributed by atoms with Gasteiger partial charge in [0.2, 0.25) is 5.91 Å². The summed E-state index contributed by atoms with van der Waals surface area (Å²) in [6.45, 7) is 1.91. The first-order chi connectivity index (χ1) is 12.1. The molecule has 0 saturated carbocycles. The number of hydrogen-bond donors (Lipinski definition) is 5. The summed E-state index contributed by atoms with van der Waals surface area (Å²) in [5, 5.41) is 6.73. The second-order valence-electron chi connectivity index (χ2n) is 5.69. The van der Waals surface area contributed by atoms with Gasteiger partial charge in [-0.3, -0.25) is 4.79 Å². The number of amides is 1. The van der Waals surface area contributed by atoms with Crippen molar-refractivity contribution in [3.05, 3.63) is 53.1 Å². The van der Waals surface area contributed by atoms with Gasteiger partial charge in [-0.05, 0) is 36.8 Å². The van der Waals surface area contributed by atoms with Gasteiger partial charge < -0.3 is 15.4 Å². The fourth-order valence-electron chi connectivity index (χ4n) is 2.53. The summed E-state index contributed by atoms with van der Waals surface area (Å²) in [5.41, 5.74) is 11.1. The third kappa shape index (κ3) is 4.21. The van der Waals surface area contributed by atoms with Crippen molar-refractivity contribution >= 4 is 28.9 Å². The molecule has 1 saturated heterocycles. The van der Waals surface area contributed by atoms with Crippen molar-refractivity contribution < 1.29 is 9.53 Å². The van der Waals surface area contributed by atoms with Crippen molar-refractivity contribution in [1.29, 1.82) is 0 Å². The Balaban J connectivity index is 1.70. The molecule has 8 heteroatoms. The molecule has 7 nitrogen and oxygen atoms in total. The van der Waals surface area contributed by atoms with E-state index in [4.69, 9.17) is 16.3 Å². The number of ether oxygens (including phenoxy) is 1. The van der Waals surface area contributed by atoms with E-state index in [9.17, 15) is 4.79 Å². The molecular weight excluding hydrogens is 342 g/mol. The van der Waals surface area contributed by atoms with Crippen LogP contribution in [0.1, 0.15) is 5.56 Å². The van der Waals surface area contributed by atoms with E-state index in [0.29, 0.717) is 10.7 Å². The first kappa shape index (κ1) is 17.5. The topological polar surface area (TPSA) is 86.5 Å².